The van der Waals surface area contributed by atoms with Crippen LogP contribution in [-0.2, 0) is 4.79 Å². The van der Waals surface area contributed by atoms with E-state index in [1.54, 1.807) is 11.0 Å². The van der Waals surface area contributed by atoms with E-state index in [-0.39, 0.29) is 11.9 Å². The number of carbonyl (C=O) groups is 1. The number of likely N-dealkylation sites (N-methyl/N-ethyl adjacent to an activating group) is 1. The van der Waals surface area contributed by atoms with Gasteiger partial charge in [0, 0.05) is 11.7 Å². The summed E-state index contributed by atoms with van der Waals surface area (Å²) in [6.07, 6.45) is 3.18. The normalized spacial score (nSPS) is 12.2. The standard InChI is InChI=1S/C22H27N5O/c1-15-10-16(2)22(17(3)11-15)25-21(28)12-26(5)18(4)19-6-8-20(9-7-19)27-14-23-13-24-27/h6-11,13-14,18H,12H2,1-5H3,(H,25,28)/t18-/m0/s1. The van der Waals surface area contributed by atoms with E-state index < -0.39 is 0 Å². The summed E-state index contributed by atoms with van der Waals surface area (Å²) >= 11 is 0. The summed E-state index contributed by atoms with van der Waals surface area (Å²) in [5, 5.41) is 7.21. The van der Waals surface area contributed by atoms with Crippen LogP contribution in [0.4, 0.5) is 5.69 Å². The summed E-state index contributed by atoms with van der Waals surface area (Å²) in [4.78, 5) is 18.6. The van der Waals surface area contributed by atoms with Gasteiger partial charge in [0.05, 0.1) is 12.2 Å². The van der Waals surface area contributed by atoms with E-state index in [4.69, 9.17) is 0 Å². The molecule has 6 nitrogen and oxygen atoms in total. The molecule has 0 aliphatic rings. The molecule has 0 aliphatic carbocycles. The maximum Gasteiger partial charge on any atom is 0.238 e. The molecule has 2 aromatic carbocycles. The Morgan fingerprint density at radius 2 is 1.79 bits per heavy atom. The van der Waals surface area contributed by atoms with Crippen LogP contribution >= 0.6 is 0 Å². The number of aromatic nitrogens is 3. The number of carbonyl (C=O) groups excluding carboxylic acids is 1. The van der Waals surface area contributed by atoms with Gasteiger partial charge in [-0.1, -0.05) is 29.8 Å². The zero-order valence-corrected chi connectivity index (χ0v) is 17.1. The first-order valence-corrected chi connectivity index (χ1v) is 9.38. The molecule has 6 heteroatoms. The van der Waals surface area contributed by atoms with Crippen LogP contribution in [0.1, 0.15) is 35.2 Å². The number of hydrogen-bond donors (Lipinski definition) is 1. The Labute approximate surface area is 166 Å². The van der Waals surface area contributed by atoms with Gasteiger partial charge in [-0.2, -0.15) is 5.10 Å². The van der Waals surface area contributed by atoms with Gasteiger partial charge in [-0.15, -0.1) is 0 Å². The Morgan fingerprint density at radius 1 is 1.14 bits per heavy atom. The predicted octanol–water partition coefficient (Wildman–Crippen LogP) is 3.82. The van der Waals surface area contributed by atoms with Crippen LogP contribution in [0.25, 0.3) is 5.69 Å². The molecule has 3 aromatic rings. The lowest BCUT2D eigenvalue weighted by Gasteiger charge is -2.25. The molecule has 0 saturated carbocycles. The van der Waals surface area contributed by atoms with Crippen LogP contribution in [-0.4, -0.2) is 39.2 Å². The van der Waals surface area contributed by atoms with Gasteiger partial charge in [-0.25, -0.2) is 9.67 Å². The Bertz CT molecular complexity index is 925. The Balaban J connectivity index is 1.64. The number of hydrogen-bond acceptors (Lipinski definition) is 4. The van der Waals surface area contributed by atoms with Crippen molar-refractivity contribution >= 4 is 11.6 Å². The monoisotopic (exact) mass is 377 g/mol. The molecule has 146 valence electrons. The first kappa shape index (κ1) is 19.8. The zero-order chi connectivity index (χ0) is 20.3. The van der Waals surface area contributed by atoms with Crippen molar-refractivity contribution in [1.82, 2.24) is 19.7 Å². The minimum absolute atomic E-state index is 0.0105. The van der Waals surface area contributed by atoms with E-state index in [0.29, 0.717) is 6.54 Å². The third-order valence-electron chi connectivity index (χ3n) is 5.05. The average Bonchev–Trinajstić information content (AvgIpc) is 3.19. The average molecular weight is 377 g/mol. The van der Waals surface area contributed by atoms with Crippen molar-refractivity contribution in [3.8, 4) is 5.69 Å². The summed E-state index contributed by atoms with van der Waals surface area (Å²) < 4.78 is 1.72. The van der Waals surface area contributed by atoms with Gasteiger partial charge in [0.15, 0.2) is 0 Å². The van der Waals surface area contributed by atoms with E-state index in [2.05, 4.69) is 53.5 Å². The molecule has 0 saturated heterocycles. The van der Waals surface area contributed by atoms with E-state index in [9.17, 15) is 4.79 Å². The van der Waals surface area contributed by atoms with Gasteiger partial charge >= 0.3 is 0 Å². The molecule has 1 aromatic heterocycles. The van der Waals surface area contributed by atoms with Gasteiger partial charge < -0.3 is 5.32 Å². The minimum Gasteiger partial charge on any atom is -0.324 e. The number of nitrogens with one attached hydrogen (secondary N) is 1. The van der Waals surface area contributed by atoms with Crippen molar-refractivity contribution in [1.29, 1.82) is 0 Å². The molecule has 0 radical (unpaired) electrons. The second kappa shape index (κ2) is 8.35. The maximum atomic E-state index is 12.6. The number of amides is 1. The fourth-order valence-electron chi connectivity index (χ4n) is 3.42. The molecular weight excluding hydrogens is 350 g/mol. The maximum absolute atomic E-state index is 12.6. The van der Waals surface area contributed by atoms with Gasteiger partial charge in [-0.05, 0) is 63.6 Å². The van der Waals surface area contributed by atoms with Gasteiger partial charge in [0.25, 0.3) is 0 Å². The van der Waals surface area contributed by atoms with Crippen molar-refractivity contribution < 1.29 is 4.79 Å². The molecule has 1 heterocycles. The Kier molecular flexibility index (Phi) is 5.90. The van der Waals surface area contributed by atoms with Crippen LogP contribution in [0.3, 0.4) is 0 Å². The number of rotatable bonds is 6. The van der Waals surface area contributed by atoms with E-state index in [1.807, 2.05) is 37.9 Å². The molecule has 1 N–H and O–H groups in total. The third-order valence-corrected chi connectivity index (χ3v) is 5.05. The molecule has 3 rings (SSSR count). The van der Waals surface area contributed by atoms with Gasteiger partial charge in [-0.3, -0.25) is 9.69 Å². The molecule has 0 spiro atoms. The molecule has 0 unspecified atom stereocenters. The molecule has 1 atom stereocenters. The zero-order valence-electron chi connectivity index (χ0n) is 17.1. The number of aryl methyl sites for hydroxylation is 3. The molecule has 28 heavy (non-hydrogen) atoms. The summed E-state index contributed by atoms with van der Waals surface area (Å²) in [6.45, 7) is 8.53. The molecule has 0 fully saturated rings. The summed E-state index contributed by atoms with van der Waals surface area (Å²) in [5.41, 5.74) is 6.39. The van der Waals surface area contributed by atoms with Crippen molar-refractivity contribution in [2.45, 2.75) is 33.7 Å². The highest BCUT2D eigenvalue weighted by Crippen LogP contribution is 2.23. The van der Waals surface area contributed by atoms with Gasteiger partial charge in [0.1, 0.15) is 12.7 Å². The highest BCUT2D eigenvalue weighted by Gasteiger charge is 2.16. The van der Waals surface area contributed by atoms with Crippen LogP contribution in [0.2, 0.25) is 0 Å². The summed E-state index contributed by atoms with van der Waals surface area (Å²) in [5.74, 6) is -0.0105. The van der Waals surface area contributed by atoms with Crippen molar-refractivity contribution in [2.24, 2.45) is 0 Å². The molecular formula is C22H27N5O. The van der Waals surface area contributed by atoms with Crippen molar-refractivity contribution in [3.05, 3.63) is 71.3 Å². The molecule has 0 aliphatic heterocycles. The lowest BCUT2D eigenvalue weighted by molar-refractivity contribution is -0.117. The first-order valence-electron chi connectivity index (χ1n) is 9.38. The predicted molar refractivity (Wildman–Crippen MR) is 112 cm³/mol. The summed E-state index contributed by atoms with van der Waals surface area (Å²) in [6, 6.07) is 12.4. The van der Waals surface area contributed by atoms with E-state index in [0.717, 1.165) is 28.1 Å². The third kappa shape index (κ3) is 4.46. The molecule has 0 bridgehead atoms. The number of anilines is 1. The fourth-order valence-corrected chi connectivity index (χ4v) is 3.42. The van der Waals surface area contributed by atoms with Crippen molar-refractivity contribution in [2.75, 3.05) is 18.9 Å². The molecule has 1 amide bonds. The highest BCUT2D eigenvalue weighted by atomic mass is 16.2. The second-order valence-corrected chi connectivity index (χ2v) is 7.34. The van der Waals surface area contributed by atoms with Crippen LogP contribution in [0, 0.1) is 20.8 Å². The minimum atomic E-state index is -0.0105. The fraction of sp³-hybridized carbons (Fsp3) is 0.318. The SMILES string of the molecule is Cc1cc(C)c(NC(=O)CN(C)[C@@H](C)c2ccc(-n3cncn3)cc2)c(C)c1. The van der Waals surface area contributed by atoms with Crippen LogP contribution in [0.5, 0.6) is 0 Å². The Hall–Kier alpha value is -2.99. The van der Waals surface area contributed by atoms with Crippen LogP contribution in [0.15, 0.2) is 49.1 Å². The van der Waals surface area contributed by atoms with E-state index >= 15 is 0 Å². The lowest BCUT2D eigenvalue weighted by Crippen LogP contribution is -2.32. The smallest absolute Gasteiger partial charge is 0.238 e. The topological polar surface area (TPSA) is 63.1 Å². The van der Waals surface area contributed by atoms with E-state index in [1.165, 1.54) is 11.9 Å². The first-order chi connectivity index (χ1) is 13.3. The number of benzene rings is 2. The largest absolute Gasteiger partial charge is 0.324 e. The second-order valence-electron chi connectivity index (χ2n) is 7.34. The summed E-state index contributed by atoms with van der Waals surface area (Å²) in [7, 11) is 1.96. The quantitative estimate of drug-likeness (QED) is 0.709. The lowest BCUT2D eigenvalue weighted by atomic mass is 10.0. The number of nitrogens with zero attached hydrogens (tertiary/aromatic N) is 4. The Morgan fingerprint density at radius 3 is 2.36 bits per heavy atom. The van der Waals surface area contributed by atoms with Crippen LogP contribution < -0.4 is 5.32 Å². The van der Waals surface area contributed by atoms with Crippen molar-refractivity contribution in [3.63, 3.8) is 0 Å². The van der Waals surface area contributed by atoms with Gasteiger partial charge in [0.2, 0.25) is 5.91 Å². The highest BCUT2D eigenvalue weighted by molar-refractivity contribution is 5.93.